The molecular formula is C31H30N4O4S. The van der Waals surface area contributed by atoms with Crippen molar-refractivity contribution in [1.29, 1.82) is 0 Å². The van der Waals surface area contributed by atoms with E-state index >= 15 is 0 Å². The van der Waals surface area contributed by atoms with Gasteiger partial charge in [0.25, 0.3) is 5.91 Å². The monoisotopic (exact) mass is 554 g/mol. The highest BCUT2D eigenvalue weighted by Gasteiger charge is 2.38. The lowest BCUT2D eigenvalue weighted by Gasteiger charge is -2.43. The molecule has 0 saturated heterocycles. The number of carbonyl (C=O) groups is 1. The second kappa shape index (κ2) is 12.0. The van der Waals surface area contributed by atoms with Crippen molar-refractivity contribution in [3.8, 4) is 11.5 Å². The van der Waals surface area contributed by atoms with Crippen LogP contribution in [0.25, 0.3) is 0 Å². The van der Waals surface area contributed by atoms with Crippen LogP contribution in [-0.2, 0) is 6.61 Å². The Balaban J connectivity index is 1.68. The lowest BCUT2D eigenvalue weighted by molar-refractivity contribution is 0.0698. The highest BCUT2D eigenvalue weighted by Crippen LogP contribution is 2.39. The van der Waals surface area contributed by atoms with E-state index in [0.717, 1.165) is 21.7 Å². The van der Waals surface area contributed by atoms with Gasteiger partial charge in [0.2, 0.25) is 5.43 Å². The molecule has 40 heavy (non-hydrogen) atoms. The van der Waals surface area contributed by atoms with E-state index in [1.54, 1.807) is 27.9 Å². The summed E-state index contributed by atoms with van der Waals surface area (Å²) < 4.78 is 13.9. The molecule has 1 amide bonds. The van der Waals surface area contributed by atoms with E-state index in [9.17, 15) is 9.59 Å². The van der Waals surface area contributed by atoms with E-state index in [-0.39, 0.29) is 36.1 Å². The summed E-state index contributed by atoms with van der Waals surface area (Å²) in [4.78, 5) is 34.1. The van der Waals surface area contributed by atoms with Crippen LogP contribution in [-0.4, -0.2) is 40.3 Å². The van der Waals surface area contributed by atoms with Gasteiger partial charge in [-0.3, -0.25) is 19.3 Å². The predicted molar refractivity (Wildman–Crippen MR) is 157 cm³/mol. The first-order valence-electron chi connectivity index (χ1n) is 12.9. The molecular weight excluding hydrogens is 524 g/mol. The van der Waals surface area contributed by atoms with Gasteiger partial charge in [-0.1, -0.05) is 67.3 Å². The molecule has 1 aliphatic heterocycles. The number of pyridine rings is 1. The van der Waals surface area contributed by atoms with Gasteiger partial charge in [0.05, 0.1) is 16.1 Å². The topological polar surface area (TPSA) is 76.9 Å². The maximum absolute atomic E-state index is 13.8. The summed E-state index contributed by atoms with van der Waals surface area (Å²) in [5.41, 5.74) is 4.25. The maximum atomic E-state index is 13.8. The molecule has 2 aromatic heterocycles. The van der Waals surface area contributed by atoms with Crippen molar-refractivity contribution in [3.63, 3.8) is 0 Å². The van der Waals surface area contributed by atoms with Crippen molar-refractivity contribution in [2.24, 2.45) is 0 Å². The highest BCUT2D eigenvalue weighted by atomic mass is 32.1. The zero-order valence-electron chi connectivity index (χ0n) is 22.2. The molecule has 0 radical (unpaired) electrons. The number of benzene rings is 2. The number of aryl methyl sites for hydroxylation is 1. The number of nitrogens with zero attached hydrogens (tertiary/aromatic N) is 4. The fourth-order valence-electron chi connectivity index (χ4n) is 4.74. The molecule has 0 aliphatic carbocycles. The van der Waals surface area contributed by atoms with Crippen LogP contribution < -0.4 is 19.9 Å². The SMILES string of the molecule is C=CCOc1ccccc1C(c1scnc1C)N1CN(CC=C)C(=O)c2c(OCc3ccccc3)c(=O)ccn21. The first kappa shape index (κ1) is 27.0. The fourth-order valence-corrected chi connectivity index (χ4v) is 5.67. The lowest BCUT2D eigenvalue weighted by atomic mass is 10.0. The zero-order chi connectivity index (χ0) is 28.1. The van der Waals surface area contributed by atoms with E-state index < -0.39 is 6.04 Å². The molecule has 2 aromatic carbocycles. The molecule has 0 N–H and O–H groups in total. The molecule has 1 aliphatic rings. The Hall–Kier alpha value is -4.63. The number of hydrogen-bond acceptors (Lipinski definition) is 7. The summed E-state index contributed by atoms with van der Waals surface area (Å²) in [5, 5.41) is 2.03. The largest absolute Gasteiger partial charge is 0.489 e. The van der Waals surface area contributed by atoms with E-state index in [1.165, 1.54) is 17.4 Å². The van der Waals surface area contributed by atoms with Crippen molar-refractivity contribution in [1.82, 2.24) is 14.6 Å². The normalized spacial score (nSPS) is 13.5. The molecule has 1 atom stereocenters. The van der Waals surface area contributed by atoms with Gasteiger partial charge >= 0.3 is 0 Å². The standard InChI is InChI=1S/C31H30N4O4S/c1-4-16-33-21-35(27(30-22(3)32-20-40-30)24-13-9-10-14-26(24)38-18-5-2)34-17-15-25(36)29(28(34)31(33)37)39-19-23-11-7-6-8-12-23/h4-15,17,20,27H,1-2,16,18-19,21H2,3H3. The number of carbonyl (C=O) groups excluding carboxylic acids is 1. The second-order valence-corrected chi connectivity index (χ2v) is 10.1. The third-order valence-corrected chi connectivity index (χ3v) is 7.58. The van der Waals surface area contributed by atoms with E-state index in [1.807, 2.05) is 72.0 Å². The van der Waals surface area contributed by atoms with Gasteiger partial charge in [0, 0.05) is 24.4 Å². The van der Waals surface area contributed by atoms with Gasteiger partial charge in [-0.15, -0.1) is 17.9 Å². The number of fused-ring (bicyclic) bond motifs is 1. The van der Waals surface area contributed by atoms with Crippen LogP contribution in [0.5, 0.6) is 11.5 Å². The molecule has 8 nitrogen and oxygen atoms in total. The second-order valence-electron chi connectivity index (χ2n) is 9.22. The number of rotatable bonds is 11. The Labute approximate surface area is 237 Å². The van der Waals surface area contributed by atoms with Crippen LogP contribution >= 0.6 is 11.3 Å². The summed E-state index contributed by atoms with van der Waals surface area (Å²) in [7, 11) is 0. The number of ether oxygens (including phenoxy) is 2. The quantitative estimate of drug-likeness (QED) is 0.241. The van der Waals surface area contributed by atoms with Crippen molar-refractivity contribution in [2.45, 2.75) is 19.6 Å². The van der Waals surface area contributed by atoms with Gasteiger partial charge < -0.3 is 14.4 Å². The van der Waals surface area contributed by atoms with Crippen molar-refractivity contribution in [2.75, 3.05) is 24.8 Å². The molecule has 204 valence electrons. The summed E-state index contributed by atoms with van der Waals surface area (Å²) >= 11 is 1.53. The van der Waals surface area contributed by atoms with Crippen LogP contribution in [0, 0.1) is 6.92 Å². The first-order valence-corrected chi connectivity index (χ1v) is 13.7. The third-order valence-electron chi connectivity index (χ3n) is 6.59. The van der Waals surface area contributed by atoms with Gasteiger partial charge in [-0.2, -0.15) is 0 Å². The molecule has 0 bridgehead atoms. The Morgan fingerprint density at radius 3 is 2.52 bits per heavy atom. The van der Waals surface area contributed by atoms with Gasteiger partial charge in [0.1, 0.15) is 31.7 Å². The number of para-hydroxylation sites is 1. The van der Waals surface area contributed by atoms with E-state index in [2.05, 4.69) is 18.1 Å². The minimum Gasteiger partial charge on any atom is -0.489 e. The average Bonchev–Trinajstić information content (AvgIpc) is 3.40. The van der Waals surface area contributed by atoms with Crippen molar-refractivity contribution in [3.05, 3.63) is 135 Å². The summed E-state index contributed by atoms with van der Waals surface area (Å²) in [6, 6.07) is 18.4. The summed E-state index contributed by atoms with van der Waals surface area (Å²) in [6.07, 6.45) is 5.00. The lowest BCUT2D eigenvalue weighted by Crippen LogP contribution is -2.55. The number of thiazole rings is 1. The molecule has 4 aromatic rings. The van der Waals surface area contributed by atoms with Gasteiger partial charge in [-0.05, 0) is 18.6 Å². The molecule has 9 heteroatoms. The maximum Gasteiger partial charge on any atom is 0.278 e. The fraction of sp³-hybridized carbons (Fsp3) is 0.194. The Morgan fingerprint density at radius 1 is 1.02 bits per heavy atom. The minimum absolute atomic E-state index is 0.00563. The number of hydrogen-bond donors (Lipinski definition) is 0. The van der Waals surface area contributed by atoms with Crippen molar-refractivity contribution >= 4 is 17.2 Å². The number of amides is 1. The molecule has 0 saturated carbocycles. The smallest absolute Gasteiger partial charge is 0.278 e. The Kier molecular flexibility index (Phi) is 8.12. The molecule has 1 unspecified atom stereocenters. The van der Waals surface area contributed by atoms with Crippen LogP contribution in [0.3, 0.4) is 0 Å². The third kappa shape index (κ3) is 5.28. The minimum atomic E-state index is -0.392. The predicted octanol–water partition coefficient (Wildman–Crippen LogP) is 5.08. The Bertz CT molecular complexity index is 1580. The number of aromatic nitrogens is 2. The first-order chi connectivity index (χ1) is 19.5. The average molecular weight is 555 g/mol. The van der Waals surface area contributed by atoms with Crippen LogP contribution in [0.4, 0.5) is 0 Å². The zero-order valence-corrected chi connectivity index (χ0v) is 23.0. The van der Waals surface area contributed by atoms with Crippen LogP contribution in [0.1, 0.15) is 38.2 Å². The molecule has 5 rings (SSSR count). The van der Waals surface area contributed by atoms with Crippen LogP contribution in [0.2, 0.25) is 0 Å². The Morgan fingerprint density at radius 2 is 1.80 bits per heavy atom. The molecule has 0 fully saturated rings. The van der Waals surface area contributed by atoms with Gasteiger partial charge in [0.15, 0.2) is 11.4 Å². The van der Waals surface area contributed by atoms with Crippen LogP contribution in [0.15, 0.2) is 102 Å². The van der Waals surface area contributed by atoms with E-state index in [0.29, 0.717) is 18.9 Å². The van der Waals surface area contributed by atoms with Crippen molar-refractivity contribution < 1.29 is 14.3 Å². The van der Waals surface area contributed by atoms with E-state index in [4.69, 9.17) is 9.47 Å². The highest BCUT2D eigenvalue weighted by molar-refractivity contribution is 7.09. The summed E-state index contributed by atoms with van der Waals surface area (Å²) in [5.74, 6) is 0.384. The summed E-state index contributed by atoms with van der Waals surface area (Å²) in [6.45, 7) is 10.6. The molecule has 0 spiro atoms. The molecule has 3 heterocycles. The van der Waals surface area contributed by atoms with Gasteiger partial charge in [-0.25, -0.2) is 4.98 Å².